The molecule has 0 unspecified atom stereocenters. The second-order valence-electron chi connectivity index (χ2n) is 6.59. The minimum absolute atomic E-state index is 0.0921. The van der Waals surface area contributed by atoms with Crippen LogP contribution in [0.1, 0.15) is 44.7 Å². The number of benzene rings is 1. The van der Waals surface area contributed by atoms with Crippen molar-refractivity contribution in [3.8, 4) is 5.75 Å². The van der Waals surface area contributed by atoms with E-state index in [1.165, 1.54) is 17.0 Å². The van der Waals surface area contributed by atoms with E-state index in [9.17, 15) is 27.5 Å². The SMILES string of the molecule is C[C@@H](NS(=O)(=O)CCCCCN1C(=O)NC(=O)[C@@H]1C)c1ccc(F)c(O)c1. The fraction of sp³-hybridized carbons (Fsp3) is 0.529. The van der Waals surface area contributed by atoms with E-state index in [-0.39, 0.29) is 11.7 Å². The number of unbranched alkanes of at least 4 members (excludes halogenated alkanes) is 2. The number of imide groups is 1. The topological polar surface area (TPSA) is 116 Å². The zero-order valence-corrected chi connectivity index (χ0v) is 16.1. The molecule has 2 rings (SSSR count). The van der Waals surface area contributed by atoms with Crippen LogP contribution in [0.5, 0.6) is 5.75 Å². The van der Waals surface area contributed by atoms with E-state index < -0.39 is 39.7 Å². The molecule has 3 N–H and O–H groups in total. The molecular formula is C17H24FN3O5S. The van der Waals surface area contributed by atoms with Crippen molar-refractivity contribution in [2.45, 2.75) is 45.2 Å². The number of halogens is 1. The molecule has 0 saturated carbocycles. The Hall–Kier alpha value is -2.20. The maximum atomic E-state index is 13.1. The Morgan fingerprint density at radius 2 is 2.00 bits per heavy atom. The summed E-state index contributed by atoms with van der Waals surface area (Å²) < 4.78 is 39.9. The number of carbonyl (C=O) groups excluding carboxylic acids is 2. The van der Waals surface area contributed by atoms with Crippen molar-refractivity contribution >= 4 is 22.0 Å². The van der Waals surface area contributed by atoms with Crippen molar-refractivity contribution in [2.24, 2.45) is 0 Å². The second kappa shape index (κ2) is 8.66. The third-order valence-electron chi connectivity index (χ3n) is 4.48. The Morgan fingerprint density at radius 3 is 2.59 bits per heavy atom. The summed E-state index contributed by atoms with van der Waals surface area (Å²) in [5.41, 5.74) is 0.455. The van der Waals surface area contributed by atoms with Gasteiger partial charge in [0.1, 0.15) is 6.04 Å². The van der Waals surface area contributed by atoms with Crippen molar-refractivity contribution < 1.29 is 27.5 Å². The van der Waals surface area contributed by atoms with Crippen LogP contribution in [-0.4, -0.2) is 48.7 Å². The zero-order chi connectivity index (χ0) is 20.2. The molecule has 150 valence electrons. The summed E-state index contributed by atoms with van der Waals surface area (Å²) in [6.45, 7) is 3.63. The minimum Gasteiger partial charge on any atom is -0.505 e. The average Bonchev–Trinajstić information content (AvgIpc) is 2.82. The highest BCUT2D eigenvalue weighted by atomic mass is 32.2. The lowest BCUT2D eigenvalue weighted by atomic mass is 10.1. The van der Waals surface area contributed by atoms with Crippen molar-refractivity contribution in [1.29, 1.82) is 0 Å². The fourth-order valence-corrected chi connectivity index (χ4v) is 4.22. The summed E-state index contributed by atoms with van der Waals surface area (Å²) >= 11 is 0. The zero-order valence-electron chi connectivity index (χ0n) is 15.2. The molecule has 0 aliphatic carbocycles. The Morgan fingerprint density at radius 1 is 1.30 bits per heavy atom. The maximum absolute atomic E-state index is 13.1. The molecule has 1 aromatic carbocycles. The van der Waals surface area contributed by atoms with Gasteiger partial charge in [-0.2, -0.15) is 0 Å². The van der Waals surface area contributed by atoms with Crippen LogP contribution >= 0.6 is 0 Å². The van der Waals surface area contributed by atoms with Gasteiger partial charge in [0.2, 0.25) is 10.0 Å². The largest absolute Gasteiger partial charge is 0.505 e. The molecule has 0 bridgehead atoms. The molecule has 3 amide bonds. The van der Waals surface area contributed by atoms with Crippen LogP contribution in [0.25, 0.3) is 0 Å². The summed E-state index contributed by atoms with van der Waals surface area (Å²) in [6, 6.07) is 2.14. The third-order valence-corrected chi connectivity index (χ3v) is 6.02. The van der Waals surface area contributed by atoms with Crippen LogP contribution in [0, 0.1) is 5.82 Å². The van der Waals surface area contributed by atoms with Gasteiger partial charge in [-0.15, -0.1) is 0 Å². The number of hydrogen-bond acceptors (Lipinski definition) is 5. The quantitative estimate of drug-likeness (QED) is 0.430. The maximum Gasteiger partial charge on any atom is 0.324 e. The summed E-state index contributed by atoms with van der Waals surface area (Å²) in [5, 5.41) is 11.6. The Labute approximate surface area is 157 Å². The summed E-state index contributed by atoms with van der Waals surface area (Å²) in [7, 11) is -3.55. The molecule has 0 radical (unpaired) electrons. The number of phenols is 1. The molecule has 2 atom stereocenters. The van der Waals surface area contributed by atoms with E-state index in [1.807, 2.05) is 0 Å². The molecule has 8 nitrogen and oxygen atoms in total. The molecule has 10 heteroatoms. The number of hydrogen-bond donors (Lipinski definition) is 3. The first-order valence-corrected chi connectivity index (χ1v) is 10.4. The Balaban J connectivity index is 1.75. The average molecular weight is 401 g/mol. The number of urea groups is 1. The fourth-order valence-electron chi connectivity index (χ4n) is 2.84. The van der Waals surface area contributed by atoms with Gasteiger partial charge in [-0.3, -0.25) is 10.1 Å². The molecule has 0 spiro atoms. The monoisotopic (exact) mass is 401 g/mol. The molecule has 1 aliphatic heterocycles. The normalized spacial score (nSPS) is 18.6. The van der Waals surface area contributed by atoms with Crippen LogP contribution in [0.4, 0.5) is 9.18 Å². The Kier molecular flexibility index (Phi) is 6.77. The van der Waals surface area contributed by atoms with Gasteiger partial charge in [0, 0.05) is 12.6 Å². The first-order chi connectivity index (χ1) is 12.6. The number of carbonyl (C=O) groups is 2. The highest BCUT2D eigenvalue weighted by Gasteiger charge is 2.34. The van der Waals surface area contributed by atoms with Gasteiger partial charge >= 0.3 is 6.03 Å². The van der Waals surface area contributed by atoms with E-state index in [2.05, 4.69) is 10.0 Å². The first kappa shape index (κ1) is 21.1. The molecular weight excluding hydrogens is 377 g/mol. The predicted octanol–water partition coefficient (Wildman–Crippen LogP) is 1.62. The van der Waals surface area contributed by atoms with Crippen molar-refractivity contribution in [2.75, 3.05) is 12.3 Å². The number of amides is 3. The van der Waals surface area contributed by atoms with E-state index in [0.29, 0.717) is 31.4 Å². The highest BCUT2D eigenvalue weighted by molar-refractivity contribution is 7.89. The molecule has 1 aliphatic rings. The lowest BCUT2D eigenvalue weighted by Crippen LogP contribution is -2.33. The number of nitrogens with one attached hydrogen (secondary N) is 2. The standard InChI is InChI=1S/C17H24FN3O5S/c1-11(13-6-7-14(18)15(22)10-13)20-27(25,26)9-5-3-4-8-21-12(2)16(23)19-17(21)24/h6-7,10-12,20,22H,3-5,8-9H2,1-2H3,(H,19,23,24)/t11-,12+/m1/s1. The molecule has 27 heavy (non-hydrogen) atoms. The predicted molar refractivity (Wildman–Crippen MR) is 97.0 cm³/mol. The van der Waals surface area contributed by atoms with Crippen molar-refractivity contribution in [3.63, 3.8) is 0 Å². The lowest BCUT2D eigenvalue weighted by Gasteiger charge is -2.18. The summed E-state index contributed by atoms with van der Waals surface area (Å²) in [6.07, 6.45) is 1.56. The second-order valence-corrected chi connectivity index (χ2v) is 8.47. The van der Waals surface area contributed by atoms with Crippen LogP contribution in [0.2, 0.25) is 0 Å². The van der Waals surface area contributed by atoms with Gasteiger partial charge in [-0.05, 0) is 44.4 Å². The number of aromatic hydroxyl groups is 1. The van der Waals surface area contributed by atoms with Crippen LogP contribution < -0.4 is 10.0 Å². The smallest absolute Gasteiger partial charge is 0.324 e. The summed E-state index contributed by atoms with van der Waals surface area (Å²) in [4.78, 5) is 24.4. The van der Waals surface area contributed by atoms with Crippen LogP contribution in [0.3, 0.4) is 0 Å². The van der Waals surface area contributed by atoms with Crippen LogP contribution in [0.15, 0.2) is 18.2 Å². The Bertz CT molecular complexity index is 815. The molecule has 1 heterocycles. The van der Waals surface area contributed by atoms with E-state index in [0.717, 1.165) is 6.07 Å². The van der Waals surface area contributed by atoms with Gasteiger partial charge in [0.15, 0.2) is 11.6 Å². The van der Waals surface area contributed by atoms with E-state index in [1.54, 1.807) is 13.8 Å². The number of sulfonamides is 1. The third kappa shape index (κ3) is 5.64. The molecule has 1 aromatic rings. The number of phenolic OH excluding ortho intramolecular Hbond substituents is 1. The van der Waals surface area contributed by atoms with E-state index >= 15 is 0 Å². The van der Waals surface area contributed by atoms with Gasteiger partial charge in [0.25, 0.3) is 5.91 Å². The van der Waals surface area contributed by atoms with Crippen molar-refractivity contribution in [1.82, 2.24) is 14.9 Å². The van der Waals surface area contributed by atoms with Gasteiger partial charge in [-0.25, -0.2) is 22.3 Å². The molecule has 1 fully saturated rings. The lowest BCUT2D eigenvalue weighted by molar-refractivity contribution is -0.121. The molecule has 1 saturated heterocycles. The van der Waals surface area contributed by atoms with Crippen molar-refractivity contribution in [3.05, 3.63) is 29.6 Å². The van der Waals surface area contributed by atoms with Crippen LogP contribution in [-0.2, 0) is 14.8 Å². The van der Waals surface area contributed by atoms with Gasteiger partial charge < -0.3 is 10.0 Å². The number of rotatable bonds is 9. The number of nitrogens with zero attached hydrogens (tertiary/aromatic N) is 1. The highest BCUT2D eigenvalue weighted by Crippen LogP contribution is 2.22. The minimum atomic E-state index is -3.55. The van der Waals surface area contributed by atoms with Gasteiger partial charge in [0.05, 0.1) is 5.75 Å². The van der Waals surface area contributed by atoms with Gasteiger partial charge in [-0.1, -0.05) is 12.5 Å². The van der Waals surface area contributed by atoms with E-state index in [4.69, 9.17) is 0 Å². The first-order valence-electron chi connectivity index (χ1n) is 8.70. The molecule has 0 aromatic heterocycles. The summed E-state index contributed by atoms with van der Waals surface area (Å²) in [5.74, 6) is -1.72.